The zero-order valence-corrected chi connectivity index (χ0v) is 25.4. The lowest BCUT2D eigenvalue weighted by Gasteiger charge is -2.46. The number of amides is 1. The second-order valence-electron chi connectivity index (χ2n) is 11.9. The molecule has 0 aromatic rings. The van der Waals surface area contributed by atoms with Crippen molar-refractivity contribution >= 4 is 5.91 Å². The molecule has 2 fully saturated rings. The summed E-state index contributed by atoms with van der Waals surface area (Å²) in [6.45, 7) is 0.998. The third kappa shape index (κ3) is 12.2. The molecule has 0 saturated carbocycles. The minimum Gasteiger partial charge on any atom is -0.394 e. The van der Waals surface area contributed by atoms with Gasteiger partial charge in [-0.15, -0.1) is 0 Å². The molecule has 1 amide bonds. The van der Waals surface area contributed by atoms with Gasteiger partial charge in [0.2, 0.25) is 5.91 Å². The number of hydrogen-bond donors (Lipinski definition) is 8. The Morgan fingerprint density at radius 1 is 0.690 bits per heavy atom. The van der Waals surface area contributed by atoms with E-state index in [-0.39, 0.29) is 12.3 Å². The minimum absolute atomic E-state index is 0.276. The third-order valence-electron chi connectivity index (χ3n) is 8.40. The summed E-state index contributed by atoms with van der Waals surface area (Å²) in [4.78, 5) is 12.5. The average Bonchev–Trinajstić information content (AvgIpc) is 2.98. The van der Waals surface area contributed by atoms with Crippen LogP contribution in [0.5, 0.6) is 0 Å². The van der Waals surface area contributed by atoms with Crippen molar-refractivity contribution in [3.63, 3.8) is 0 Å². The van der Waals surface area contributed by atoms with Crippen molar-refractivity contribution in [1.82, 2.24) is 5.32 Å². The van der Waals surface area contributed by atoms with Crippen LogP contribution in [0, 0.1) is 0 Å². The highest BCUT2D eigenvalue weighted by molar-refractivity contribution is 5.76. The zero-order valence-electron chi connectivity index (χ0n) is 25.4. The van der Waals surface area contributed by atoms with Crippen LogP contribution in [-0.4, -0.2) is 111 Å². The lowest BCUT2D eigenvalue weighted by atomic mass is 9.95. The lowest BCUT2D eigenvalue weighted by molar-refractivity contribution is -0.336. The highest BCUT2D eigenvalue weighted by Gasteiger charge is 2.50. The highest BCUT2D eigenvalue weighted by Crippen LogP contribution is 2.28. The van der Waals surface area contributed by atoms with Gasteiger partial charge in [0.25, 0.3) is 0 Å². The van der Waals surface area contributed by atoms with Gasteiger partial charge in [-0.05, 0) is 6.42 Å². The van der Waals surface area contributed by atoms with Crippen LogP contribution in [0.4, 0.5) is 0 Å². The number of hydrogen-bond acceptors (Lipinski definition) is 11. The smallest absolute Gasteiger partial charge is 0.222 e. The predicted molar refractivity (Wildman–Crippen MR) is 156 cm³/mol. The summed E-state index contributed by atoms with van der Waals surface area (Å²) in [5, 5.41) is 62.9. The summed E-state index contributed by atoms with van der Waals surface area (Å²) in [6.07, 6.45) is 6.18. The molecule has 2 aliphatic rings. The first-order chi connectivity index (χ1) is 20.2. The van der Waals surface area contributed by atoms with E-state index in [0.717, 1.165) is 25.7 Å². The fourth-order valence-electron chi connectivity index (χ4n) is 5.64. The van der Waals surface area contributed by atoms with E-state index >= 15 is 0 Å². The van der Waals surface area contributed by atoms with Crippen molar-refractivity contribution in [1.29, 1.82) is 0 Å². The number of aliphatic hydroxyl groups is 6. The van der Waals surface area contributed by atoms with Gasteiger partial charge in [0.1, 0.15) is 49.0 Å². The Morgan fingerprint density at radius 3 is 1.69 bits per heavy atom. The van der Waals surface area contributed by atoms with Crippen LogP contribution in [0.3, 0.4) is 0 Å². The van der Waals surface area contributed by atoms with Crippen molar-refractivity contribution in [2.24, 2.45) is 5.73 Å². The Kier molecular flexibility index (Phi) is 18.6. The van der Waals surface area contributed by atoms with E-state index in [1.54, 1.807) is 0 Å². The molecule has 0 aromatic heterocycles. The number of rotatable bonds is 21. The molecule has 248 valence electrons. The Bertz CT molecular complexity index is 716. The molecule has 0 spiro atoms. The molecule has 0 radical (unpaired) electrons. The van der Waals surface area contributed by atoms with Crippen LogP contribution < -0.4 is 11.1 Å². The summed E-state index contributed by atoms with van der Waals surface area (Å²) in [5.41, 5.74) is 6.12. The molecule has 12 nitrogen and oxygen atoms in total. The number of unbranched alkanes of at least 4 members (excludes halogenated alkanes) is 14. The maximum Gasteiger partial charge on any atom is 0.222 e. The van der Waals surface area contributed by atoms with Crippen molar-refractivity contribution in [2.75, 3.05) is 13.2 Å². The quantitative estimate of drug-likeness (QED) is 0.0864. The van der Waals surface area contributed by atoms with E-state index < -0.39 is 74.5 Å². The van der Waals surface area contributed by atoms with E-state index in [1.807, 2.05) is 0 Å². The monoisotopic (exact) mass is 606 g/mol. The first kappa shape index (κ1) is 37.3. The van der Waals surface area contributed by atoms with Crippen molar-refractivity contribution in [3.05, 3.63) is 0 Å². The fraction of sp³-hybridized carbons (Fsp3) is 0.967. The van der Waals surface area contributed by atoms with Crippen LogP contribution in [0.15, 0.2) is 0 Å². The normalized spacial score (nSPS) is 33.5. The first-order valence-electron chi connectivity index (χ1n) is 16.2. The molecule has 2 aliphatic heterocycles. The second-order valence-corrected chi connectivity index (χ2v) is 11.9. The molecule has 12 heteroatoms. The van der Waals surface area contributed by atoms with E-state index in [2.05, 4.69) is 12.2 Å². The summed E-state index contributed by atoms with van der Waals surface area (Å²) in [7, 11) is 0. The summed E-state index contributed by atoms with van der Waals surface area (Å²) >= 11 is 0. The van der Waals surface area contributed by atoms with Gasteiger partial charge >= 0.3 is 0 Å². The molecular formula is C30H58N2O10. The van der Waals surface area contributed by atoms with Gasteiger partial charge in [0, 0.05) is 6.42 Å². The fourth-order valence-corrected chi connectivity index (χ4v) is 5.64. The van der Waals surface area contributed by atoms with E-state index in [9.17, 15) is 35.4 Å². The minimum atomic E-state index is -1.70. The summed E-state index contributed by atoms with van der Waals surface area (Å²) < 4.78 is 16.7. The maximum absolute atomic E-state index is 12.5. The van der Waals surface area contributed by atoms with Crippen molar-refractivity contribution in [2.45, 2.75) is 171 Å². The predicted octanol–water partition coefficient (Wildman–Crippen LogP) is 0.955. The van der Waals surface area contributed by atoms with Crippen LogP contribution in [-0.2, 0) is 19.0 Å². The van der Waals surface area contributed by atoms with Gasteiger partial charge in [-0.3, -0.25) is 4.79 Å². The van der Waals surface area contributed by atoms with Gasteiger partial charge in [-0.1, -0.05) is 96.8 Å². The molecule has 0 bridgehead atoms. The molecule has 2 rings (SSSR count). The molecule has 2 heterocycles. The first-order valence-corrected chi connectivity index (χ1v) is 16.2. The molecule has 10 atom stereocenters. The molecular weight excluding hydrogens is 548 g/mol. The summed E-state index contributed by atoms with van der Waals surface area (Å²) in [6, 6.07) is -1.12. The van der Waals surface area contributed by atoms with Gasteiger partial charge in [-0.2, -0.15) is 0 Å². The van der Waals surface area contributed by atoms with E-state index in [4.69, 9.17) is 19.9 Å². The molecule has 2 saturated heterocycles. The Hall–Kier alpha value is -0.930. The molecule has 42 heavy (non-hydrogen) atoms. The van der Waals surface area contributed by atoms with Crippen LogP contribution in [0.2, 0.25) is 0 Å². The Labute approximate surface area is 250 Å². The third-order valence-corrected chi connectivity index (χ3v) is 8.40. The largest absolute Gasteiger partial charge is 0.394 e. The van der Waals surface area contributed by atoms with Crippen molar-refractivity contribution < 1.29 is 49.6 Å². The van der Waals surface area contributed by atoms with Gasteiger partial charge in [0.05, 0.1) is 19.3 Å². The molecule has 1 unspecified atom stereocenters. The van der Waals surface area contributed by atoms with Gasteiger partial charge < -0.3 is 55.9 Å². The number of nitrogens with two attached hydrogens (primary N) is 1. The number of nitrogens with one attached hydrogen (secondary N) is 1. The van der Waals surface area contributed by atoms with Crippen LogP contribution in [0.1, 0.15) is 110 Å². The number of carbonyl (C=O) groups is 1. The summed E-state index contributed by atoms with van der Waals surface area (Å²) in [5.74, 6) is -0.276. The topological polar surface area (TPSA) is 204 Å². The SMILES string of the molecule is CCCCCCCCCCCCCCCCCC(=O)NC1O[C@H](CO)[C@@H](O[C@@H]2O[C@H](CO)[C@H](O)[C@H](O)[C@H]2O)[C@H](O)[C@H]1N. The average molecular weight is 607 g/mol. The van der Waals surface area contributed by atoms with Crippen molar-refractivity contribution in [3.8, 4) is 0 Å². The maximum atomic E-state index is 12.5. The highest BCUT2D eigenvalue weighted by atomic mass is 16.7. The zero-order chi connectivity index (χ0) is 30.9. The second kappa shape index (κ2) is 20.9. The Morgan fingerprint density at radius 2 is 1.19 bits per heavy atom. The van der Waals surface area contributed by atoms with E-state index in [1.165, 1.54) is 70.6 Å². The van der Waals surface area contributed by atoms with E-state index in [0.29, 0.717) is 0 Å². The number of aliphatic hydroxyl groups excluding tert-OH is 6. The molecule has 9 N–H and O–H groups in total. The number of ether oxygens (including phenoxy) is 3. The van der Waals surface area contributed by atoms with Crippen LogP contribution >= 0.6 is 0 Å². The standard InChI is InChI=1S/C30H58N2O10/c1-2-3-4-5-6-7-8-9-10-11-12-13-14-15-16-17-22(35)32-29-23(31)25(37)28(21(19-34)40-29)42-30-27(39)26(38)24(36)20(18-33)41-30/h20-21,23-30,33-34,36-39H,2-19,31H2,1H3,(H,32,35)/t20-,21-,23-,24+,25-,26+,27-,28-,29?,30+/m1/s1. The molecule has 0 aliphatic carbocycles. The van der Waals surface area contributed by atoms with Gasteiger partial charge in [0.15, 0.2) is 6.29 Å². The molecule has 0 aromatic carbocycles. The van der Waals surface area contributed by atoms with Gasteiger partial charge in [-0.25, -0.2) is 0 Å². The number of carbonyl (C=O) groups excluding carboxylic acids is 1. The van der Waals surface area contributed by atoms with Crippen LogP contribution in [0.25, 0.3) is 0 Å². The lowest BCUT2D eigenvalue weighted by Crippen LogP contribution is -2.68. The Balaban J connectivity index is 1.62.